The second-order valence-corrected chi connectivity index (χ2v) is 19.9. The van der Waals surface area contributed by atoms with Gasteiger partial charge in [0.05, 0.1) is 22.3 Å². The Labute approximate surface area is 471 Å². The molecule has 4 nitrogen and oxygen atoms in total. The molecule has 0 spiro atoms. The number of hydrogen-bond acceptors (Lipinski definition) is 3. The van der Waals surface area contributed by atoms with Crippen molar-refractivity contribution in [2.45, 2.75) is 118 Å². The van der Waals surface area contributed by atoms with Crippen molar-refractivity contribution < 1.29 is 59.1 Å². The van der Waals surface area contributed by atoms with E-state index in [0.717, 1.165) is 16.7 Å². The van der Waals surface area contributed by atoms with Gasteiger partial charge in [0.1, 0.15) is 11.6 Å². The standard InChI is InChI=1S/C66H68N3O.Pt/c1-41-26-28-43(29-27-41)45-32-33-67-56(38-45)48-35-47(36-49(37-48)63(3,4)5)52-23-19-25-58-60(52)68-62(53-39-50(64(6,7)8)40-55(61(53)70)66(12,13)14)69(58)57-31-30-46(34-42(57)2)59-51(44-20-16-15-17-21-44)22-18-24-54(59)65(9,10)11;/h15-34,36-40,70H,1-14H3;/q-1;/i1D3,2D3,6D3,7D3,8D3,12D3,13D3,14D3;. The van der Waals surface area contributed by atoms with Crippen LogP contribution in [-0.4, -0.2) is 19.6 Å². The molecule has 9 rings (SSSR count). The second kappa shape index (κ2) is 19.0. The minimum atomic E-state index is -4.28. The summed E-state index contributed by atoms with van der Waals surface area (Å²) in [7, 11) is 0. The van der Waals surface area contributed by atoms with Gasteiger partial charge in [0.2, 0.25) is 0 Å². The normalized spacial score (nSPS) is 18.7. The third-order valence-electron chi connectivity index (χ3n) is 12.6. The summed E-state index contributed by atoms with van der Waals surface area (Å²) < 4.78 is 212. The molecule has 7 aromatic carbocycles. The van der Waals surface area contributed by atoms with E-state index in [1.54, 1.807) is 54.7 Å². The van der Waals surface area contributed by atoms with Crippen molar-refractivity contribution in [3.63, 3.8) is 0 Å². The fraction of sp³-hybridized carbons (Fsp3) is 0.273. The molecule has 0 atom stereocenters. The number of para-hydroxylation sites is 1. The first-order valence-corrected chi connectivity index (χ1v) is 22.8. The molecule has 0 aliphatic carbocycles. The number of benzene rings is 7. The van der Waals surface area contributed by atoms with Gasteiger partial charge in [-0.15, -0.1) is 29.3 Å². The van der Waals surface area contributed by atoms with Crippen molar-refractivity contribution in [2.24, 2.45) is 0 Å². The van der Waals surface area contributed by atoms with E-state index in [9.17, 15) is 9.22 Å². The number of aromatic hydroxyl groups is 1. The van der Waals surface area contributed by atoms with Crippen LogP contribution in [0.3, 0.4) is 0 Å². The van der Waals surface area contributed by atoms with Gasteiger partial charge in [0, 0.05) is 71.4 Å². The van der Waals surface area contributed by atoms with Crippen molar-refractivity contribution in [1.29, 1.82) is 0 Å². The first-order chi connectivity index (χ1) is 42.9. The molecule has 9 aromatic rings. The molecule has 0 aliphatic rings. The van der Waals surface area contributed by atoms with Crippen LogP contribution in [0.4, 0.5) is 0 Å². The van der Waals surface area contributed by atoms with E-state index in [0.29, 0.717) is 50.7 Å². The molecule has 0 unspecified atom stereocenters. The molecule has 0 fully saturated rings. The Balaban J connectivity index is 0.0000116. The zero-order chi connectivity index (χ0) is 70.1. The Morgan fingerprint density at radius 1 is 0.535 bits per heavy atom. The molecule has 0 aliphatic heterocycles. The van der Waals surface area contributed by atoms with E-state index in [2.05, 4.69) is 6.07 Å². The summed E-state index contributed by atoms with van der Waals surface area (Å²) in [5.74, 6) is -2.22. The number of aryl methyl sites for hydroxylation is 2. The minimum Gasteiger partial charge on any atom is -0.507 e. The van der Waals surface area contributed by atoms with Crippen molar-refractivity contribution in [2.75, 3.05) is 0 Å². The fourth-order valence-electron chi connectivity index (χ4n) is 8.99. The predicted molar refractivity (Wildman–Crippen MR) is 296 cm³/mol. The monoisotopic (exact) mass is 1140 g/mol. The maximum Gasteiger partial charge on any atom is 0.148 e. The summed E-state index contributed by atoms with van der Waals surface area (Å²) in [6, 6.07) is 42.0. The van der Waals surface area contributed by atoms with E-state index in [-0.39, 0.29) is 55.0 Å². The largest absolute Gasteiger partial charge is 0.507 e. The topological polar surface area (TPSA) is 50.9 Å². The van der Waals surface area contributed by atoms with E-state index >= 15 is 0 Å². The Hall–Kier alpha value is -6.35. The number of phenols is 1. The third kappa shape index (κ3) is 10.1. The number of rotatable bonds is 7. The molecule has 0 radical (unpaired) electrons. The molecule has 2 aromatic heterocycles. The molecule has 1 N–H and O–H groups in total. The zero-order valence-electron chi connectivity index (χ0n) is 64.0. The summed E-state index contributed by atoms with van der Waals surface area (Å²) in [5.41, 5.74) is -7.35. The number of hydrogen-bond donors (Lipinski definition) is 1. The molecular weight excluding hydrogens is 1050 g/mol. The maximum absolute atomic E-state index is 13.2. The van der Waals surface area contributed by atoms with Gasteiger partial charge in [0.25, 0.3) is 0 Å². The summed E-state index contributed by atoms with van der Waals surface area (Å²) >= 11 is 0. The van der Waals surface area contributed by atoms with E-state index in [4.69, 9.17) is 38.8 Å². The molecule has 5 heteroatoms. The van der Waals surface area contributed by atoms with Crippen LogP contribution in [0.2, 0.25) is 0 Å². The molecule has 2 heterocycles. The van der Waals surface area contributed by atoms with Gasteiger partial charge >= 0.3 is 0 Å². The van der Waals surface area contributed by atoms with Gasteiger partial charge in [0.15, 0.2) is 0 Å². The van der Waals surface area contributed by atoms with Crippen LogP contribution in [0.1, 0.15) is 149 Å². The Morgan fingerprint density at radius 2 is 1.23 bits per heavy atom. The van der Waals surface area contributed by atoms with Gasteiger partial charge in [-0.25, -0.2) is 4.98 Å². The molecule has 364 valence electrons. The fourth-order valence-corrected chi connectivity index (χ4v) is 8.99. The van der Waals surface area contributed by atoms with Crippen molar-refractivity contribution in [3.8, 4) is 78.6 Å². The first kappa shape index (κ1) is 28.6. The zero-order valence-corrected chi connectivity index (χ0v) is 42.3. The van der Waals surface area contributed by atoms with Crippen molar-refractivity contribution in [3.05, 3.63) is 191 Å². The number of aromatic nitrogens is 3. The van der Waals surface area contributed by atoms with E-state index < -0.39 is 110 Å². The Kier molecular flexibility index (Phi) is 7.66. The van der Waals surface area contributed by atoms with Crippen molar-refractivity contribution in [1.82, 2.24) is 14.5 Å². The Bertz CT molecular complexity index is 4270. The quantitative estimate of drug-likeness (QED) is 0.162. The third-order valence-corrected chi connectivity index (χ3v) is 12.6. The maximum atomic E-state index is 13.2. The number of imidazole rings is 1. The van der Waals surface area contributed by atoms with Crippen LogP contribution in [0.25, 0.3) is 83.9 Å². The van der Waals surface area contributed by atoms with Crippen LogP contribution in [0.5, 0.6) is 5.75 Å². The van der Waals surface area contributed by atoms with Gasteiger partial charge in [-0.3, -0.25) is 9.55 Å². The SMILES string of the molecule is [2H]C([2H])([2H])c1ccc(-c2ccnc(-c3[c-]c(-c4cccc5c4nc(-c4cc(C(C([2H])([2H])[2H])(C([2H])([2H])[2H])C([2H])([2H])[2H])cc(C(C([2H])([2H])[2H])(C([2H])([2H])[2H])C([2H])([2H])[2H])c4O)n5-c4ccc(-c5c(-c6ccccc6)cccc5C(C)(C)C)cc4C([2H])([2H])[2H])cc(C(C)(C)C)c3)c2)cc1.[Pt]. The summed E-state index contributed by atoms with van der Waals surface area (Å²) in [4.78, 5) is 9.81. The van der Waals surface area contributed by atoms with Gasteiger partial charge in [-0.2, -0.15) is 0 Å². The molecular formula is C66H68N3OPt-. The average molecular weight is 1140 g/mol. The molecule has 71 heavy (non-hydrogen) atoms. The molecule has 0 saturated heterocycles. The van der Waals surface area contributed by atoms with Crippen molar-refractivity contribution >= 4 is 11.0 Å². The van der Waals surface area contributed by atoms with Crippen LogP contribution in [0, 0.1) is 19.8 Å². The summed E-state index contributed by atoms with van der Waals surface area (Å²) in [6.45, 7) is -18.9. The van der Waals surface area contributed by atoms with E-state index in [1.807, 2.05) is 96.1 Å². The molecule has 0 amide bonds. The number of nitrogens with zero attached hydrogens (tertiary/aromatic N) is 3. The Morgan fingerprint density at radius 3 is 1.92 bits per heavy atom. The molecule has 0 bridgehead atoms. The van der Waals surface area contributed by atoms with E-state index in [1.165, 1.54) is 34.9 Å². The predicted octanol–water partition coefficient (Wildman–Crippen LogP) is 17.7. The van der Waals surface area contributed by atoms with Crippen LogP contribution in [-0.2, 0) is 42.7 Å². The summed E-state index contributed by atoms with van der Waals surface area (Å²) in [5, 5.41) is 13.2. The summed E-state index contributed by atoms with van der Waals surface area (Å²) in [6.07, 6.45) is 1.57. The van der Waals surface area contributed by atoms with Gasteiger partial charge < -0.3 is 5.11 Å². The van der Waals surface area contributed by atoms with Crippen LogP contribution in [0.15, 0.2) is 152 Å². The van der Waals surface area contributed by atoms with Crippen LogP contribution >= 0.6 is 0 Å². The minimum absolute atomic E-state index is 0. The number of phenolic OH excluding ortho intramolecular Hbond substituents is 1. The molecule has 0 saturated carbocycles. The van der Waals surface area contributed by atoms with Gasteiger partial charge in [-0.05, 0) is 116 Å². The second-order valence-electron chi connectivity index (χ2n) is 19.9. The first-order valence-electron chi connectivity index (χ1n) is 34.8. The van der Waals surface area contributed by atoms with Gasteiger partial charge in [-0.1, -0.05) is 202 Å². The van der Waals surface area contributed by atoms with Crippen LogP contribution < -0.4 is 0 Å². The number of fused-ring (bicyclic) bond motifs is 1. The number of pyridine rings is 1. The smallest absolute Gasteiger partial charge is 0.148 e. The average Bonchev–Trinajstić information content (AvgIpc) is 1.23.